The van der Waals surface area contributed by atoms with E-state index in [1.165, 1.54) is 12.4 Å². The minimum Gasteiger partial charge on any atom is -0.481 e. The molecule has 0 bridgehead atoms. The molecule has 2 N–H and O–H groups in total. The number of aromatic nitrogens is 2. The molecule has 0 aliphatic rings. The van der Waals surface area contributed by atoms with Crippen LogP contribution >= 0.6 is 11.6 Å². The highest BCUT2D eigenvalue weighted by atomic mass is 35.5. The monoisotopic (exact) mass is 305 g/mol. The quantitative estimate of drug-likeness (QED) is 0.882. The predicted molar refractivity (Wildman–Crippen MR) is 75.9 cm³/mol. The summed E-state index contributed by atoms with van der Waals surface area (Å²) in [6.07, 6.45) is 2.27. The van der Waals surface area contributed by atoms with Gasteiger partial charge in [-0.05, 0) is 5.56 Å². The van der Waals surface area contributed by atoms with Gasteiger partial charge in [-0.3, -0.25) is 9.59 Å². The second-order valence-electron chi connectivity index (χ2n) is 4.26. The fraction of sp³-hybridized carbons (Fsp3) is 0.143. The van der Waals surface area contributed by atoms with Crippen molar-refractivity contribution in [1.82, 2.24) is 15.3 Å². The summed E-state index contributed by atoms with van der Waals surface area (Å²) in [6.45, 7) is 0. The van der Waals surface area contributed by atoms with Crippen molar-refractivity contribution < 1.29 is 14.7 Å². The Kier molecular flexibility index (Phi) is 4.84. The molecule has 1 unspecified atom stereocenters. The van der Waals surface area contributed by atoms with E-state index in [1.54, 1.807) is 24.3 Å². The van der Waals surface area contributed by atoms with E-state index in [-0.39, 0.29) is 17.3 Å². The van der Waals surface area contributed by atoms with E-state index in [0.717, 1.165) is 0 Å². The van der Waals surface area contributed by atoms with Crippen molar-refractivity contribution in [2.45, 2.75) is 12.5 Å². The number of carboxylic acid groups (broad SMARTS) is 1. The average molecular weight is 306 g/mol. The highest BCUT2D eigenvalue weighted by Crippen LogP contribution is 2.17. The number of carboxylic acids is 1. The number of nitrogens with zero attached hydrogens (tertiary/aromatic N) is 2. The molecular weight excluding hydrogens is 294 g/mol. The molecule has 0 aliphatic carbocycles. The van der Waals surface area contributed by atoms with Gasteiger partial charge in [0, 0.05) is 0 Å². The fourth-order valence-corrected chi connectivity index (χ4v) is 1.87. The van der Waals surface area contributed by atoms with Crippen molar-refractivity contribution in [2.75, 3.05) is 0 Å². The molecule has 1 aromatic heterocycles. The van der Waals surface area contributed by atoms with Gasteiger partial charge < -0.3 is 10.4 Å². The molecule has 1 atom stereocenters. The van der Waals surface area contributed by atoms with Crippen molar-refractivity contribution >= 4 is 23.5 Å². The largest absolute Gasteiger partial charge is 0.481 e. The number of carbonyl (C=O) groups excluding carboxylic acids is 1. The van der Waals surface area contributed by atoms with E-state index in [1.807, 2.05) is 6.07 Å². The van der Waals surface area contributed by atoms with Crippen molar-refractivity contribution in [3.05, 3.63) is 59.1 Å². The van der Waals surface area contributed by atoms with Crippen LogP contribution in [0, 0.1) is 0 Å². The molecule has 1 amide bonds. The lowest BCUT2D eigenvalue weighted by Gasteiger charge is -2.17. The maximum absolute atomic E-state index is 12.1. The van der Waals surface area contributed by atoms with Crippen molar-refractivity contribution in [1.29, 1.82) is 0 Å². The number of halogens is 1. The van der Waals surface area contributed by atoms with Crippen molar-refractivity contribution in [3.8, 4) is 0 Å². The Balaban J connectivity index is 2.17. The van der Waals surface area contributed by atoms with Gasteiger partial charge in [0.1, 0.15) is 10.8 Å². The molecule has 1 aromatic carbocycles. The molecule has 2 aromatic rings. The number of hydrogen-bond donors (Lipinski definition) is 2. The lowest BCUT2D eigenvalue weighted by atomic mass is 10.0. The summed E-state index contributed by atoms with van der Waals surface area (Å²) in [7, 11) is 0. The van der Waals surface area contributed by atoms with Crippen LogP contribution in [0.4, 0.5) is 0 Å². The van der Waals surface area contributed by atoms with Crippen molar-refractivity contribution in [3.63, 3.8) is 0 Å². The third kappa shape index (κ3) is 4.25. The molecule has 0 fully saturated rings. The van der Waals surface area contributed by atoms with Crippen LogP contribution < -0.4 is 5.32 Å². The maximum atomic E-state index is 12.1. The number of rotatable bonds is 5. The van der Waals surface area contributed by atoms with Crippen LogP contribution in [-0.2, 0) is 4.79 Å². The van der Waals surface area contributed by atoms with Crippen LogP contribution in [0.1, 0.15) is 28.5 Å². The first-order chi connectivity index (χ1) is 10.1. The Morgan fingerprint density at radius 2 is 1.90 bits per heavy atom. The molecule has 2 rings (SSSR count). The van der Waals surface area contributed by atoms with Gasteiger partial charge in [0.25, 0.3) is 5.91 Å². The summed E-state index contributed by atoms with van der Waals surface area (Å²) >= 11 is 5.60. The maximum Gasteiger partial charge on any atom is 0.305 e. The van der Waals surface area contributed by atoms with Gasteiger partial charge in [-0.2, -0.15) is 0 Å². The first-order valence-corrected chi connectivity index (χ1v) is 6.49. The summed E-state index contributed by atoms with van der Waals surface area (Å²) in [5, 5.41) is 11.8. The number of amides is 1. The van der Waals surface area contributed by atoms with Crippen LogP contribution in [-0.4, -0.2) is 27.0 Å². The molecule has 0 aliphatic heterocycles. The van der Waals surface area contributed by atoms with Crippen LogP contribution in [0.15, 0.2) is 42.7 Å². The van der Waals surface area contributed by atoms with Gasteiger partial charge in [-0.1, -0.05) is 41.9 Å². The Morgan fingerprint density at radius 1 is 1.19 bits per heavy atom. The fourth-order valence-electron chi connectivity index (χ4n) is 1.77. The van der Waals surface area contributed by atoms with Gasteiger partial charge in [-0.25, -0.2) is 9.97 Å². The molecule has 108 valence electrons. The molecule has 0 spiro atoms. The van der Waals surface area contributed by atoms with Gasteiger partial charge >= 0.3 is 5.97 Å². The predicted octanol–water partition coefficient (Wildman–Crippen LogP) is 2.08. The van der Waals surface area contributed by atoms with Crippen molar-refractivity contribution in [2.24, 2.45) is 0 Å². The summed E-state index contributed by atoms with van der Waals surface area (Å²) in [6, 6.07) is 8.22. The first kappa shape index (κ1) is 14.9. The van der Waals surface area contributed by atoms with Crippen LogP contribution in [0.5, 0.6) is 0 Å². The number of hydrogen-bond acceptors (Lipinski definition) is 4. The molecule has 21 heavy (non-hydrogen) atoms. The molecule has 0 saturated carbocycles. The zero-order valence-corrected chi connectivity index (χ0v) is 11.6. The van der Waals surface area contributed by atoms with E-state index in [9.17, 15) is 9.59 Å². The average Bonchev–Trinajstić information content (AvgIpc) is 2.47. The number of benzene rings is 1. The van der Waals surface area contributed by atoms with E-state index < -0.39 is 17.9 Å². The third-order valence-electron chi connectivity index (χ3n) is 2.74. The van der Waals surface area contributed by atoms with Gasteiger partial charge in [0.05, 0.1) is 24.9 Å². The number of aliphatic carboxylic acids is 1. The first-order valence-electron chi connectivity index (χ1n) is 6.11. The second-order valence-corrected chi connectivity index (χ2v) is 4.65. The molecule has 7 heteroatoms. The minimum absolute atomic E-state index is 0.0747. The van der Waals surface area contributed by atoms with Gasteiger partial charge in [-0.15, -0.1) is 0 Å². The van der Waals surface area contributed by atoms with E-state index in [4.69, 9.17) is 16.7 Å². The zero-order chi connectivity index (χ0) is 15.2. The number of carbonyl (C=O) groups is 2. The summed E-state index contributed by atoms with van der Waals surface area (Å²) < 4.78 is 0. The highest BCUT2D eigenvalue weighted by molar-refractivity contribution is 6.29. The van der Waals surface area contributed by atoms with Crippen LogP contribution in [0.25, 0.3) is 0 Å². The topological polar surface area (TPSA) is 92.2 Å². The smallest absolute Gasteiger partial charge is 0.305 e. The Bertz CT molecular complexity index is 632. The van der Waals surface area contributed by atoms with E-state index >= 15 is 0 Å². The SMILES string of the molecule is O=C(O)CC(NC(=O)c1cnc(Cl)cn1)c1ccccc1. The van der Waals surface area contributed by atoms with Gasteiger partial charge in [0.2, 0.25) is 0 Å². The van der Waals surface area contributed by atoms with E-state index in [0.29, 0.717) is 5.56 Å². The normalized spacial score (nSPS) is 11.7. The van der Waals surface area contributed by atoms with E-state index in [2.05, 4.69) is 15.3 Å². The van der Waals surface area contributed by atoms with Crippen LogP contribution in [0.2, 0.25) is 5.15 Å². The molecule has 1 heterocycles. The minimum atomic E-state index is -1.01. The summed E-state index contributed by atoms with van der Waals surface area (Å²) in [5.41, 5.74) is 0.779. The lowest BCUT2D eigenvalue weighted by molar-refractivity contribution is -0.137. The summed E-state index contributed by atoms with van der Waals surface area (Å²) in [5.74, 6) is -1.51. The van der Waals surface area contributed by atoms with Gasteiger partial charge in [0.15, 0.2) is 0 Å². The molecule has 6 nitrogen and oxygen atoms in total. The Labute approximate surface area is 125 Å². The molecule has 0 saturated heterocycles. The van der Waals surface area contributed by atoms with Crippen LogP contribution in [0.3, 0.4) is 0 Å². The highest BCUT2D eigenvalue weighted by Gasteiger charge is 2.19. The lowest BCUT2D eigenvalue weighted by Crippen LogP contribution is -2.30. The second kappa shape index (κ2) is 6.81. The number of nitrogens with one attached hydrogen (secondary N) is 1. The summed E-state index contributed by atoms with van der Waals surface area (Å²) in [4.78, 5) is 30.6. The standard InChI is InChI=1S/C14H12ClN3O3/c15-12-8-16-11(7-17-12)14(21)18-10(6-13(19)20)9-4-2-1-3-5-9/h1-5,7-8,10H,6H2,(H,18,21)(H,19,20). The zero-order valence-electron chi connectivity index (χ0n) is 10.9. The molecular formula is C14H12ClN3O3. The Morgan fingerprint density at radius 3 is 2.48 bits per heavy atom. The third-order valence-corrected chi connectivity index (χ3v) is 2.93. The molecule has 0 radical (unpaired) electrons. The Hall–Kier alpha value is -2.47.